The molecule has 2 heterocycles. The van der Waals surface area contributed by atoms with Gasteiger partial charge in [0.1, 0.15) is 18.2 Å². The molecule has 3 amide bonds. The van der Waals surface area contributed by atoms with E-state index in [0.717, 1.165) is 12.8 Å². The van der Waals surface area contributed by atoms with Gasteiger partial charge in [-0.3, -0.25) is 14.4 Å². The van der Waals surface area contributed by atoms with Gasteiger partial charge < -0.3 is 15.1 Å². The second-order valence-electron chi connectivity index (χ2n) is 7.37. The Labute approximate surface area is 167 Å². The normalized spacial score (nSPS) is 16.7. The first-order chi connectivity index (χ1) is 14.0. The van der Waals surface area contributed by atoms with Crippen LogP contribution in [0.2, 0.25) is 0 Å². The van der Waals surface area contributed by atoms with Gasteiger partial charge in [0.25, 0.3) is 5.91 Å². The van der Waals surface area contributed by atoms with Crippen molar-refractivity contribution in [3.8, 4) is 0 Å². The molecule has 29 heavy (non-hydrogen) atoms. The molecule has 2 fully saturated rings. The van der Waals surface area contributed by atoms with Crippen LogP contribution < -0.4 is 5.32 Å². The molecule has 0 bridgehead atoms. The molecule has 2 aromatic rings. The van der Waals surface area contributed by atoms with Crippen LogP contribution in [0.1, 0.15) is 28.8 Å². The number of nitrogens with zero attached hydrogens (tertiary/aromatic N) is 3. The quantitative estimate of drug-likeness (QED) is 0.839. The highest BCUT2D eigenvalue weighted by Crippen LogP contribution is 2.30. The van der Waals surface area contributed by atoms with Crippen molar-refractivity contribution in [1.29, 1.82) is 0 Å². The van der Waals surface area contributed by atoms with Crippen LogP contribution in [0.4, 0.5) is 10.2 Å². The van der Waals surface area contributed by atoms with E-state index in [0.29, 0.717) is 36.6 Å². The molecule has 0 atom stereocenters. The summed E-state index contributed by atoms with van der Waals surface area (Å²) in [6, 6.07) is 9.24. The first-order valence-electron chi connectivity index (χ1n) is 9.58. The summed E-state index contributed by atoms with van der Waals surface area (Å²) >= 11 is 0. The minimum absolute atomic E-state index is 0.0414. The number of carbonyl (C=O) groups is 3. The standard InChI is InChI=1S/C21H21FN4O3/c22-17-3-1-2-14(10-17)12-25-8-9-26(13-19(25)27)21(29)16-6-7-23-18(11-16)24-20(28)15-4-5-15/h1-3,6-7,10-11,15H,4-5,8-9,12-13H2,(H,23,24,28). The Bertz CT molecular complexity index is 960. The van der Waals surface area contributed by atoms with Crippen molar-refractivity contribution < 1.29 is 18.8 Å². The molecule has 7 nitrogen and oxygen atoms in total. The molecule has 4 rings (SSSR count). The minimum atomic E-state index is -0.342. The molecule has 0 radical (unpaired) electrons. The lowest BCUT2D eigenvalue weighted by Gasteiger charge is -2.34. The van der Waals surface area contributed by atoms with E-state index in [2.05, 4.69) is 10.3 Å². The van der Waals surface area contributed by atoms with Gasteiger partial charge in [-0.15, -0.1) is 0 Å². The molecule has 150 valence electrons. The number of benzene rings is 1. The minimum Gasteiger partial charge on any atom is -0.335 e. The van der Waals surface area contributed by atoms with E-state index >= 15 is 0 Å². The number of hydrogen-bond acceptors (Lipinski definition) is 4. The van der Waals surface area contributed by atoms with Gasteiger partial charge in [-0.05, 0) is 42.7 Å². The Morgan fingerprint density at radius 2 is 2.00 bits per heavy atom. The predicted octanol–water partition coefficient (Wildman–Crippen LogP) is 2.05. The molecule has 1 N–H and O–H groups in total. The lowest BCUT2D eigenvalue weighted by atomic mass is 10.1. The van der Waals surface area contributed by atoms with Crippen molar-refractivity contribution in [2.75, 3.05) is 25.0 Å². The number of amides is 3. The average Bonchev–Trinajstić information content (AvgIpc) is 3.55. The van der Waals surface area contributed by atoms with Gasteiger partial charge >= 0.3 is 0 Å². The monoisotopic (exact) mass is 396 g/mol. The molecule has 2 aliphatic rings. The highest BCUT2D eigenvalue weighted by molar-refractivity contribution is 5.99. The molecule has 0 spiro atoms. The topological polar surface area (TPSA) is 82.6 Å². The first kappa shape index (κ1) is 19.0. The van der Waals surface area contributed by atoms with Crippen LogP contribution >= 0.6 is 0 Å². The molecular formula is C21H21FN4O3. The smallest absolute Gasteiger partial charge is 0.254 e. The summed E-state index contributed by atoms with van der Waals surface area (Å²) in [5.41, 5.74) is 1.08. The lowest BCUT2D eigenvalue weighted by molar-refractivity contribution is -0.135. The number of halogens is 1. The summed E-state index contributed by atoms with van der Waals surface area (Å²) in [7, 11) is 0. The van der Waals surface area contributed by atoms with Crippen LogP contribution in [0.3, 0.4) is 0 Å². The fourth-order valence-corrected chi connectivity index (χ4v) is 3.29. The second kappa shape index (κ2) is 7.98. The van der Waals surface area contributed by atoms with Gasteiger partial charge in [0.05, 0.1) is 0 Å². The highest BCUT2D eigenvalue weighted by Gasteiger charge is 2.30. The molecule has 1 aromatic heterocycles. The number of aromatic nitrogens is 1. The average molecular weight is 396 g/mol. The van der Waals surface area contributed by atoms with E-state index < -0.39 is 0 Å². The fraction of sp³-hybridized carbons (Fsp3) is 0.333. The Balaban J connectivity index is 1.38. The second-order valence-corrected chi connectivity index (χ2v) is 7.37. The number of hydrogen-bond donors (Lipinski definition) is 1. The Morgan fingerprint density at radius 1 is 1.17 bits per heavy atom. The van der Waals surface area contributed by atoms with E-state index in [1.165, 1.54) is 29.3 Å². The fourth-order valence-electron chi connectivity index (χ4n) is 3.29. The molecule has 1 saturated heterocycles. The molecule has 1 aromatic carbocycles. The maximum absolute atomic E-state index is 13.3. The van der Waals surface area contributed by atoms with Crippen molar-refractivity contribution in [3.63, 3.8) is 0 Å². The van der Waals surface area contributed by atoms with Gasteiger partial charge in [-0.1, -0.05) is 12.1 Å². The third kappa shape index (κ3) is 4.59. The van der Waals surface area contributed by atoms with Crippen molar-refractivity contribution >= 4 is 23.5 Å². The lowest BCUT2D eigenvalue weighted by Crippen LogP contribution is -2.51. The van der Waals surface area contributed by atoms with Crippen molar-refractivity contribution in [1.82, 2.24) is 14.8 Å². The van der Waals surface area contributed by atoms with E-state index in [9.17, 15) is 18.8 Å². The maximum Gasteiger partial charge on any atom is 0.254 e. The van der Waals surface area contributed by atoms with E-state index in [4.69, 9.17) is 0 Å². The molecule has 8 heteroatoms. The summed E-state index contributed by atoms with van der Waals surface area (Å²) < 4.78 is 13.3. The first-order valence-corrected chi connectivity index (χ1v) is 9.58. The summed E-state index contributed by atoms with van der Waals surface area (Å²) in [4.78, 5) is 44.4. The number of pyridine rings is 1. The zero-order valence-corrected chi connectivity index (χ0v) is 15.8. The van der Waals surface area contributed by atoms with Crippen LogP contribution in [0.25, 0.3) is 0 Å². The van der Waals surface area contributed by atoms with E-state index in [-0.39, 0.29) is 36.0 Å². The summed E-state index contributed by atoms with van der Waals surface area (Å²) in [5.74, 6) is -0.517. The number of anilines is 1. The third-order valence-corrected chi connectivity index (χ3v) is 5.07. The zero-order chi connectivity index (χ0) is 20.4. The van der Waals surface area contributed by atoms with Crippen molar-refractivity contribution in [2.45, 2.75) is 19.4 Å². The highest BCUT2D eigenvalue weighted by atomic mass is 19.1. The van der Waals surface area contributed by atoms with Crippen LogP contribution in [0.5, 0.6) is 0 Å². The zero-order valence-electron chi connectivity index (χ0n) is 15.8. The van der Waals surface area contributed by atoms with Gasteiger partial charge in [-0.2, -0.15) is 0 Å². The predicted molar refractivity (Wildman–Crippen MR) is 103 cm³/mol. The summed E-state index contributed by atoms with van der Waals surface area (Å²) in [6.45, 7) is 1.02. The van der Waals surface area contributed by atoms with Crippen molar-refractivity contribution in [3.05, 3.63) is 59.5 Å². The molecule has 1 aliphatic carbocycles. The largest absolute Gasteiger partial charge is 0.335 e. The molecule has 0 unspecified atom stereocenters. The van der Waals surface area contributed by atoms with Crippen LogP contribution in [-0.2, 0) is 16.1 Å². The van der Waals surface area contributed by atoms with E-state index in [1.54, 1.807) is 23.1 Å². The SMILES string of the molecule is O=C(Nc1cc(C(=O)N2CCN(Cc3cccc(F)c3)C(=O)C2)ccn1)C1CC1. The number of nitrogens with one attached hydrogen (secondary N) is 1. The number of piperazine rings is 1. The molecule has 1 aliphatic heterocycles. The molecule has 1 saturated carbocycles. The van der Waals surface area contributed by atoms with Crippen LogP contribution in [-0.4, -0.2) is 52.1 Å². The van der Waals surface area contributed by atoms with Gasteiger partial charge in [0, 0.05) is 37.3 Å². The van der Waals surface area contributed by atoms with Crippen molar-refractivity contribution in [2.24, 2.45) is 5.92 Å². The summed E-state index contributed by atoms with van der Waals surface area (Å²) in [6.07, 6.45) is 3.23. The Morgan fingerprint density at radius 3 is 2.72 bits per heavy atom. The van der Waals surface area contributed by atoms with Gasteiger partial charge in [-0.25, -0.2) is 9.37 Å². The molecular weight excluding hydrogens is 375 g/mol. The van der Waals surface area contributed by atoms with Gasteiger partial charge in [0.2, 0.25) is 11.8 Å². The van der Waals surface area contributed by atoms with E-state index in [1.807, 2.05) is 0 Å². The van der Waals surface area contributed by atoms with Crippen LogP contribution in [0, 0.1) is 11.7 Å². The number of carbonyl (C=O) groups excluding carboxylic acids is 3. The van der Waals surface area contributed by atoms with Crippen LogP contribution in [0.15, 0.2) is 42.6 Å². The summed E-state index contributed by atoms with van der Waals surface area (Å²) in [5, 5.41) is 2.72. The number of rotatable bonds is 5. The Hall–Kier alpha value is -3.29. The third-order valence-electron chi connectivity index (χ3n) is 5.07. The maximum atomic E-state index is 13.3. The Kier molecular flexibility index (Phi) is 5.24. The van der Waals surface area contributed by atoms with Gasteiger partial charge in [0.15, 0.2) is 0 Å².